The van der Waals surface area contributed by atoms with Gasteiger partial charge in [0.15, 0.2) is 17.5 Å². The van der Waals surface area contributed by atoms with Crippen molar-refractivity contribution in [3.8, 4) is 17.2 Å². The third kappa shape index (κ3) is 4.68. The van der Waals surface area contributed by atoms with E-state index in [1.54, 1.807) is 21.3 Å². The molecule has 2 aromatic carbocycles. The number of methoxy groups -OCH3 is 3. The van der Waals surface area contributed by atoms with Gasteiger partial charge in [-0.25, -0.2) is 4.99 Å². The Balaban J connectivity index is 1.88. The van der Waals surface area contributed by atoms with E-state index in [2.05, 4.69) is 22.3 Å². The minimum absolute atomic E-state index is 0.481. The van der Waals surface area contributed by atoms with Crippen LogP contribution in [-0.2, 0) is 6.54 Å². The largest absolute Gasteiger partial charge is 0.493 e. The molecule has 0 aliphatic carbocycles. The van der Waals surface area contributed by atoms with Gasteiger partial charge in [-0.3, -0.25) is 0 Å². The number of likely N-dealkylation sites (tertiary alicyclic amines) is 1. The number of guanidine groups is 1. The van der Waals surface area contributed by atoms with Crippen LogP contribution in [-0.4, -0.2) is 45.3 Å². The highest BCUT2D eigenvalue weighted by molar-refractivity contribution is 5.93. The molecule has 6 nitrogen and oxygen atoms in total. The summed E-state index contributed by atoms with van der Waals surface area (Å²) < 4.78 is 16.5. The Morgan fingerprint density at radius 1 is 0.893 bits per heavy atom. The topological polar surface area (TPSA) is 55.3 Å². The summed E-state index contributed by atoms with van der Waals surface area (Å²) >= 11 is 0. The summed E-state index contributed by atoms with van der Waals surface area (Å²) in [4.78, 5) is 7.23. The lowest BCUT2D eigenvalue weighted by atomic mass is 10.1. The van der Waals surface area contributed by atoms with Crippen LogP contribution in [0.25, 0.3) is 0 Å². The standard InChI is InChI=1S/C22H29N3O3/c1-26-19-13-12-17(20(27-2)21(19)28-3)16-23-22(25-14-8-5-9-15-25)24-18-10-6-4-7-11-18/h4,6-7,10-13H,5,8-9,14-16H2,1-3H3,(H,23,24). The molecule has 0 bridgehead atoms. The van der Waals surface area contributed by atoms with Gasteiger partial charge in [0.2, 0.25) is 5.75 Å². The minimum Gasteiger partial charge on any atom is -0.493 e. The van der Waals surface area contributed by atoms with Crippen LogP contribution >= 0.6 is 0 Å². The zero-order valence-electron chi connectivity index (χ0n) is 16.9. The first-order chi connectivity index (χ1) is 13.8. The lowest BCUT2D eigenvalue weighted by molar-refractivity contribution is 0.322. The molecule has 1 heterocycles. The molecule has 1 N–H and O–H groups in total. The summed E-state index contributed by atoms with van der Waals surface area (Å²) in [6, 6.07) is 14.0. The summed E-state index contributed by atoms with van der Waals surface area (Å²) in [7, 11) is 4.87. The maximum Gasteiger partial charge on any atom is 0.203 e. The average molecular weight is 383 g/mol. The molecule has 1 fully saturated rings. The minimum atomic E-state index is 0.481. The van der Waals surface area contributed by atoms with E-state index in [0.29, 0.717) is 23.8 Å². The van der Waals surface area contributed by atoms with E-state index < -0.39 is 0 Å². The molecule has 0 aromatic heterocycles. The summed E-state index contributed by atoms with van der Waals surface area (Å²) in [5, 5.41) is 3.49. The van der Waals surface area contributed by atoms with Crippen LogP contribution in [0.5, 0.6) is 17.2 Å². The van der Waals surface area contributed by atoms with Crippen molar-refractivity contribution in [2.24, 2.45) is 4.99 Å². The molecule has 0 saturated carbocycles. The zero-order valence-corrected chi connectivity index (χ0v) is 16.9. The third-order valence-corrected chi connectivity index (χ3v) is 4.87. The predicted molar refractivity (Wildman–Crippen MR) is 113 cm³/mol. The van der Waals surface area contributed by atoms with E-state index in [9.17, 15) is 0 Å². The number of nitrogens with zero attached hydrogens (tertiary/aromatic N) is 2. The van der Waals surface area contributed by atoms with E-state index in [4.69, 9.17) is 19.2 Å². The number of ether oxygens (including phenoxy) is 3. The number of benzene rings is 2. The van der Waals surface area contributed by atoms with E-state index in [1.807, 2.05) is 30.3 Å². The highest BCUT2D eigenvalue weighted by Crippen LogP contribution is 2.40. The Labute approximate surface area is 167 Å². The molecule has 0 spiro atoms. The van der Waals surface area contributed by atoms with Crippen molar-refractivity contribution >= 4 is 11.6 Å². The number of aliphatic imine (C=N–C) groups is 1. The predicted octanol–water partition coefficient (Wildman–Crippen LogP) is 4.17. The fourth-order valence-electron chi connectivity index (χ4n) is 3.42. The van der Waals surface area contributed by atoms with Crippen LogP contribution in [0.4, 0.5) is 5.69 Å². The number of nitrogens with one attached hydrogen (secondary N) is 1. The van der Waals surface area contributed by atoms with Crippen LogP contribution in [0.1, 0.15) is 24.8 Å². The number of hydrogen-bond donors (Lipinski definition) is 1. The Morgan fingerprint density at radius 2 is 1.61 bits per heavy atom. The first-order valence-corrected chi connectivity index (χ1v) is 9.66. The van der Waals surface area contributed by atoms with Crippen molar-refractivity contribution in [1.29, 1.82) is 0 Å². The summed E-state index contributed by atoms with van der Waals surface area (Å²) in [6.45, 7) is 2.51. The molecular weight excluding hydrogens is 354 g/mol. The van der Waals surface area contributed by atoms with Crippen molar-refractivity contribution in [1.82, 2.24) is 4.90 Å². The van der Waals surface area contributed by atoms with Gasteiger partial charge in [0, 0.05) is 24.3 Å². The molecule has 3 rings (SSSR count). The Bertz CT molecular complexity index is 787. The first kappa shape index (κ1) is 19.9. The molecule has 1 aliphatic heterocycles. The molecule has 28 heavy (non-hydrogen) atoms. The van der Waals surface area contributed by atoms with Gasteiger partial charge in [-0.05, 0) is 43.5 Å². The van der Waals surface area contributed by atoms with E-state index in [1.165, 1.54) is 19.3 Å². The lowest BCUT2D eigenvalue weighted by Gasteiger charge is -2.30. The highest BCUT2D eigenvalue weighted by atomic mass is 16.5. The fourth-order valence-corrected chi connectivity index (χ4v) is 3.42. The van der Waals surface area contributed by atoms with Crippen LogP contribution < -0.4 is 19.5 Å². The van der Waals surface area contributed by atoms with Gasteiger partial charge in [0.05, 0.1) is 27.9 Å². The second-order valence-corrected chi connectivity index (χ2v) is 6.67. The smallest absolute Gasteiger partial charge is 0.203 e. The Morgan fingerprint density at radius 3 is 2.25 bits per heavy atom. The van der Waals surface area contributed by atoms with E-state index >= 15 is 0 Å². The molecule has 1 saturated heterocycles. The normalized spacial score (nSPS) is 14.5. The molecule has 0 atom stereocenters. The average Bonchev–Trinajstić information content (AvgIpc) is 2.77. The second-order valence-electron chi connectivity index (χ2n) is 6.67. The summed E-state index contributed by atoms with van der Waals surface area (Å²) in [6.07, 6.45) is 3.66. The number of para-hydroxylation sites is 1. The van der Waals surface area contributed by atoms with Crippen molar-refractivity contribution in [3.05, 3.63) is 48.0 Å². The van der Waals surface area contributed by atoms with Crippen LogP contribution in [0, 0.1) is 0 Å². The molecule has 6 heteroatoms. The molecule has 0 amide bonds. The SMILES string of the molecule is COc1ccc(CN=C(Nc2ccccc2)N2CCCCC2)c(OC)c1OC. The van der Waals surface area contributed by atoms with Gasteiger partial charge in [0.25, 0.3) is 0 Å². The van der Waals surface area contributed by atoms with Crippen LogP contribution in [0.15, 0.2) is 47.5 Å². The first-order valence-electron chi connectivity index (χ1n) is 9.66. The van der Waals surface area contributed by atoms with Crippen molar-refractivity contribution < 1.29 is 14.2 Å². The van der Waals surface area contributed by atoms with Crippen molar-refractivity contribution in [2.45, 2.75) is 25.8 Å². The fraction of sp³-hybridized carbons (Fsp3) is 0.409. The van der Waals surface area contributed by atoms with Crippen LogP contribution in [0.3, 0.4) is 0 Å². The van der Waals surface area contributed by atoms with Gasteiger partial charge in [-0.2, -0.15) is 0 Å². The van der Waals surface area contributed by atoms with Gasteiger partial charge >= 0.3 is 0 Å². The molecule has 0 radical (unpaired) electrons. The van der Waals surface area contributed by atoms with Gasteiger partial charge < -0.3 is 24.4 Å². The Hall–Kier alpha value is -2.89. The Kier molecular flexibility index (Phi) is 7.00. The quantitative estimate of drug-likeness (QED) is 0.599. The van der Waals surface area contributed by atoms with Crippen molar-refractivity contribution in [2.75, 3.05) is 39.7 Å². The third-order valence-electron chi connectivity index (χ3n) is 4.87. The maximum absolute atomic E-state index is 5.60. The summed E-state index contributed by atoms with van der Waals surface area (Å²) in [5.74, 6) is 2.78. The number of piperidine rings is 1. The molecular formula is C22H29N3O3. The van der Waals surface area contributed by atoms with Gasteiger partial charge in [-0.1, -0.05) is 18.2 Å². The molecule has 0 unspecified atom stereocenters. The van der Waals surface area contributed by atoms with E-state index in [0.717, 1.165) is 30.3 Å². The van der Waals surface area contributed by atoms with Crippen molar-refractivity contribution in [3.63, 3.8) is 0 Å². The lowest BCUT2D eigenvalue weighted by Crippen LogP contribution is -2.40. The second kappa shape index (κ2) is 9.88. The monoisotopic (exact) mass is 383 g/mol. The van der Waals surface area contributed by atoms with E-state index in [-0.39, 0.29) is 0 Å². The van der Waals surface area contributed by atoms with Gasteiger partial charge in [-0.15, -0.1) is 0 Å². The zero-order chi connectivity index (χ0) is 19.8. The summed E-state index contributed by atoms with van der Waals surface area (Å²) in [5.41, 5.74) is 1.98. The maximum atomic E-state index is 5.60. The van der Waals surface area contributed by atoms with Gasteiger partial charge in [0.1, 0.15) is 0 Å². The number of hydrogen-bond acceptors (Lipinski definition) is 4. The number of rotatable bonds is 6. The van der Waals surface area contributed by atoms with Crippen LogP contribution in [0.2, 0.25) is 0 Å². The molecule has 1 aliphatic rings. The molecule has 2 aromatic rings. The number of anilines is 1. The molecule has 150 valence electrons. The highest BCUT2D eigenvalue weighted by Gasteiger charge is 2.18.